The lowest BCUT2D eigenvalue weighted by Crippen LogP contribution is -2.24. The SMILES string of the molecule is CCNC(=O)CSc1nnc(-c2cccnc2)n1-c1c(CC)cccc1CC. The van der Waals surface area contributed by atoms with Crippen molar-refractivity contribution in [3.05, 3.63) is 53.9 Å². The van der Waals surface area contributed by atoms with E-state index in [4.69, 9.17) is 0 Å². The van der Waals surface area contributed by atoms with Crippen molar-refractivity contribution in [1.29, 1.82) is 0 Å². The van der Waals surface area contributed by atoms with Gasteiger partial charge in [0.05, 0.1) is 11.4 Å². The van der Waals surface area contributed by atoms with Crippen molar-refractivity contribution >= 4 is 17.7 Å². The van der Waals surface area contributed by atoms with E-state index in [1.807, 2.05) is 19.1 Å². The third-order valence-corrected chi connectivity index (χ3v) is 5.38. The Labute approximate surface area is 169 Å². The van der Waals surface area contributed by atoms with Gasteiger partial charge >= 0.3 is 0 Å². The van der Waals surface area contributed by atoms with E-state index in [0.29, 0.717) is 17.5 Å². The van der Waals surface area contributed by atoms with Gasteiger partial charge in [0.2, 0.25) is 5.91 Å². The van der Waals surface area contributed by atoms with Gasteiger partial charge in [0, 0.05) is 24.5 Å². The number of benzene rings is 1. The van der Waals surface area contributed by atoms with Gasteiger partial charge in [-0.25, -0.2) is 0 Å². The summed E-state index contributed by atoms with van der Waals surface area (Å²) in [7, 11) is 0. The molecule has 0 aliphatic carbocycles. The van der Waals surface area contributed by atoms with E-state index in [1.54, 1.807) is 12.4 Å². The Morgan fingerprint density at radius 1 is 1.07 bits per heavy atom. The average molecular weight is 396 g/mol. The maximum absolute atomic E-state index is 12.0. The molecule has 0 bridgehead atoms. The first-order valence-electron chi connectivity index (χ1n) is 9.55. The molecule has 0 radical (unpaired) electrons. The number of para-hydroxylation sites is 1. The lowest BCUT2D eigenvalue weighted by atomic mass is 10.0. The number of hydrogen-bond acceptors (Lipinski definition) is 5. The minimum Gasteiger partial charge on any atom is -0.356 e. The third kappa shape index (κ3) is 4.25. The van der Waals surface area contributed by atoms with Crippen LogP contribution in [0.5, 0.6) is 0 Å². The Kier molecular flexibility index (Phi) is 6.81. The van der Waals surface area contributed by atoms with Gasteiger partial charge in [-0.3, -0.25) is 14.3 Å². The molecule has 146 valence electrons. The highest BCUT2D eigenvalue weighted by Gasteiger charge is 2.21. The highest BCUT2D eigenvalue weighted by Crippen LogP contribution is 2.31. The summed E-state index contributed by atoms with van der Waals surface area (Å²) >= 11 is 1.40. The second-order valence-electron chi connectivity index (χ2n) is 6.26. The minimum absolute atomic E-state index is 0.00975. The number of amides is 1. The number of nitrogens with one attached hydrogen (secondary N) is 1. The number of hydrogen-bond donors (Lipinski definition) is 1. The molecule has 7 heteroatoms. The molecule has 2 heterocycles. The Morgan fingerprint density at radius 3 is 2.43 bits per heavy atom. The summed E-state index contributed by atoms with van der Waals surface area (Å²) in [5.74, 6) is 1.03. The summed E-state index contributed by atoms with van der Waals surface area (Å²) in [6.07, 6.45) is 5.33. The first-order valence-corrected chi connectivity index (χ1v) is 10.5. The van der Waals surface area contributed by atoms with E-state index in [9.17, 15) is 4.79 Å². The van der Waals surface area contributed by atoms with Crippen LogP contribution < -0.4 is 5.32 Å². The zero-order valence-electron chi connectivity index (χ0n) is 16.5. The molecule has 1 amide bonds. The molecule has 0 spiro atoms. The molecule has 0 atom stereocenters. The van der Waals surface area contributed by atoms with E-state index in [-0.39, 0.29) is 5.91 Å². The van der Waals surface area contributed by atoms with Crippen molar-refractivity contribution in [2.75, 3.05) is 12.3 Å². The van der Waals surface area contributed by atoms with Gasteiger partial charge in [0.15, 0.2) is 11.0 Å². The fraction of sp³-hybridized carbons (Fsp3) is 0.333. The molecule has 6 nitrogen and oxygen atoms in total. The van der Waals surface area contributed by atoms with Gasteiger partial charge in [0.1, 0.15) is 0 Å². The lowest BCUT2D eigenvalue weighted by molar-refractivity contribution is -0.118. The van der Waals surface area contributed by atoms with Crippen LogP contribution in [0.2, 0.25) is 0 Å². The minimum atomic E-state index is -0.00975. The van der Waals surface area contributed by atoms with E-state index in [1.165, 1.54) is 22.9 Å². The number of carbonyl (C=O) groups is 1. The predicted octanol–water partition coefficient (Wildman–Crippen LogP) is 3.68. The highest BCUT2D eigenvalue weighted by molar-refractivity contribution is 7.99. The molecule has 2 aromatic heterocycles. The second kappa shape index (κ2) is 9.50. The molecule has 0 saturated carbocycles. The summed E-state index contributed by atoms with van der Waals surface area (Å²) < 4.78 is 2.08. The molecule has 0 aliphatic heterocycles. The summed E-state index contributed by atoms with van der Waals surface area (Å²) in [4.78, 5) is 16.2. The Bertz CT molecular complexity index is 917. The van der Waals surface area contributed by atoms with Gasteiger partial charge in [-0.05, 0) is 43.0 Å². The fourth-order valence-electron chi connectivity index (χ4n) is 3.13. The van der Waals surface area contributed by atoms with Crippen LogP contribution in [0.1, 0.15) is 31.9 Å². The van der Waals surface area contributed by atoms with Crippen LogP contribution in [0.3, 0.4) is 0 Å². The monoisotopic (exact) mass is 395 g/mol. The highest BCUT2D eigenvalue weighted by atomic mass is 32.2. The van der Waals surface area contributed by atoms with Crippen LogP contribution in [-0.2, 0) is 17.6 Å². The summed E-state index contributed by atoms with van der Waals surface area (Å²) in [6, 6.07) is 10.2. The molecule has 0 unspecified atom stereocenters. The summed E-state index contributed by atoms with van der Waals surface area (Å²) in [6.45, 7) is 6.82. The fourth-order valence-corrected chi connectivity index (χ4v) is 3.90. The number of carbonyl (C=O) groups excluding carboxylic acids is 1. The smallest absolute Gasteiger partial charge is 0.230 e. The van der Waals surface area contributed by atoms with Crippen molar-refractivity contribution in [3.63, 3.8) is 0 Å². The van der Waals surface area contributed by atoms with Crippen LogP contribution in [0.25, 0.3) is 17.1 Å². The maximum Gasteiger partial charge on any atom is 0.230 e. The van der Waals surface area contributed by atoms with Gasteiger partial charge < -0.3 is 5.32 Å². The van der Waals surface area contributed by atoms with Crippen LogP contribution in [-0.4, -0.2) is 38.0 Å². The number of thioether (sulfide) groups is 1. The number of nitrogens with zero attached hydrogens (tertiary/aromatic N) is 4. The molecular weight excluding hydrogens is 370 g/mol. The summed E-state index contributed by atoms with van der Waals surface area (Å²) in [5.41, 5.74) is 4.45. The number of rotatable bonds is 8. The first kappa shape index (κ1) is 20.1. The van der Waals surface area contributed by atoms with E-state index >= 15 is 0 Å². The van der Waals surface area contributed by atoms with Crippen LogP contribution in [0.4, 0.5) is 0 Å². The molecule has 0 aliphatic rings. The molecule has 0 saturated heterocycles. The lowest BCUT2D eigenvalue weighted by Gasteiger charge is -2.17. The van der Waals surface area contributed by atoms with Crippen molar-refractivity contribution in [3.8, 4) is 17.1 Å². The van der Waals surface area contributed by atoms with Crippen molar-refractivity contribution in [1.82, 2.24) is 25.1 Å². The van der Waals surface area contributed by atoms with Crippen molar-refractivity contribution < 1.29 is 4.79 Å². The first-order chi connectivity index (χ1) is 13.7. The maximum atomic E-state index is 12.0. The Balaban J connectivity index is 2.14. The molecule has 1 aromatic carbocycles. The van der Waals surface area contributed by atoms with Gasteiger partial charge in [-0.2, -0.15) is 0 Å². The molecule has 0 fully saturated rings. The topological polar surface area (TPSA) is 72.7 Å². The van der Waals surface area contributed by atoms with E-state index in [0.717, 1.165) is 29.9 Å². The number of aromatic nitrogens is 4. The average Bonchev–Trinajstić information content (AvgIpc) is 3.15. The van der Waals surface area contributed by atoms with Crippen molar-refractivity contribution in [2.24, 2.45) is 0 Å². The molecule has 1 N–H and O–H groups in total. The summed E-state index contributed by atoms with van der Waals surface area (Å²) in [5, 5.41) is 12.4. The molecular formula is C21H25N5OS. The molecule has 3 aromatic rings. The largest absolute Gasteiger partial charge is 0.356 e. The molecule has 3 rings (SSSR count). The van der Waals surface area contributed by atoms with E-state index < -0.39 is 0 Å². The Morgan fingerprint density at radius 2 is 1.82 bits per heavy atom. The quantitative estimate of drug-likeness (QED) is 0.589. The zero-order valence-corrected chi connectivity index (χ0v) is 17.3. The van der Waals surface area contributed by atoms with Crippen LogP contribution >= 0.6 is 11.8 Å². The zero-order chi connectivity index (χ0) is 19.9. The van der Waals surface area contributed by atoms with E-state index in [2.05, 4.69) is 57.1 Å². The van der Waals surface area contributed by atoms with Gasteiger partial charge in [0.25, 0.3) is 0 Å². The number of aryl methyl sites for hydroxylation is 2. The normalized spacial score (nSPS) is 10.8. The Hall–Kier alpha value is -2.67. The van der Waals surface area contributed by atoms with Gasteiger partial charge in [-0.1, -0.05) is 43.8 Å². The second-order valence-corrected chi connectivity index (χ2v) is 7.20. The van der Waals surface area contributed by atoms with Crippen LogP contribution in [0.15, 0.2) is 47.9 Å². The van der Waals surface area contributed by atoms with Crippen LogP contribution in [0, 0.1) is 0 Å². The number of pyridine rings is 1. The predicted molar refractivity (Wildman–Crippen MR) is 113 cm³/mol. The third-order valence-electron chi connectivity index (χ3n) is 4.45. The molecule has 28 heavy (non-hydrogen) atoms. The van der Waals surface area contributed by atoms with Crippen molar-refractivity contribution in [2.45, 2.75) is 38.8 Å². The standard InChI is InChI=1S/C21H25N5OS/c1-4-15-9-7-10-16(5-2)19(15)26-20(17-11-8-12-22-13-17)24-25-21(26)28-14-18(27)23-6-3/h7-13H,4-6,14H2,1-3H3,(H,23,27). The van der Waals surface area contributed by atoms with Gasteiger partial charge in [-0.15, -0.1) is 10.2 Å².